The number of benzene rings is 2. The Morgan fingerprint density at radius 3 is 1.08 bits per heavy atom. The van der Waals surface area contributed by atoms with E-state index in [2.05, 4.69) is 0 Å². The highest BCUT2D eigenvalue weighted by molar-refractivity contribution is 8.66. The van der Waals surface area contributed by atoms with E-state index in [1.807, 2.05) is 0 Å². The van der Waals surface area contributed by atoms with Gasteiger partial charge in [-0.15, -0.1) is 0 Å². The first-order valence-electron chi connectivity index (χ1n) is 6.36. The predicted molar refractivity (Wildman–Crippen MR) is 98.2 cm³/mol. The van der Waals surface area contributed by atoms with Crippen molar-refractivity contribution in [3.63, 3.8) is 0 Å². The minimum Gasteiger partial charge on any atom is -0.212 e. The molecule has 0 saturated carbocycles. The van der Waals surface area contributed by atoms with E-state index >= 15 is 0 Å². The van der Waals surface area contributed by atoms with Gasteiger partial charge in [-0.2, -0.15) is 0 Å². The van der Waals surface area contributed by atoms with Crippen LogP contribution in [0.2, 0.25) is 20.1 Å². The minimum atomic E-state index is -4.60. The quantitative estimate of drug-likeness (QED) is 0.620. The molecule has 0 N–H and O–H groups in total. The third kappa shape index (κ3) is 4.18. The van der Waals surface area contributed by atoms with Gasteiger partial charge in [-0.1, -0.05) is 58.5 Å². The molecule has 2 rings (SSSR count). The Hall–Kier alpha value is -0.500. The van der Waals surface area contributed by atoms with Crippen LogP contribution in [0.4, 0.5) is 0 Å². The standard InChI is InChI=1S/C14H10Cl4O4S2/c15-11-3-1-4-12(16)9(11)7-23(19,20)24(21,22)8-10-13(17)5-2-6-14(10)18/h1-6H,7-8H2. The maximum Gasteiger partial charge on any atom is 0.258 e. The SMILES string of the molecule is O=S(=O)(Cc1c(Cl)cccc1Cl)S(=O)(=O)Cc1c(Cl)cccc1Cl. The van der Waals surface area contributed by atoms with Crippen LogP contribution in [-0.4, -0.2) is 16.8 Å². The van der Waals surface area contributed by atoms with E-state index in [-0.39, 0.29) is 31.2 Å². The third-order valence-corrected chi connectivity index (χ3v) is 9.66. The molecule has 2 aromatic rings. The second kappa shape index (κ2) is 7.40. The van der Waals surface area contributed by atoms with Gasteiger partial charge in [0.1, 0.15) is 0 Å². The first-order valence-corrected chi connectivity index (χ1v) is 11.7. The van der Waals surface area contributed by atoms with Crippen molar-refractivity contribution in [3.05, 3.63) is 67.6 Å². The molecule has 130 valence electrons. The van der Waals surface area contributed by atoms with Crippen molar-refractivity contribution in [3.8, 4) is 0 Å². The molecule has 0 aromatic heterocycles. The topological polar surface area (TPSA) is 68.3 Å². The van der Waals surface area contributed by atoms with Crippen LogP contribution in [0.1, 0.15) is 11.1 Å². The van der Waals surface area contributed by atoms with Crippen LogP contribution in [0, 0.1) is 0 Å². The lowest BCUT2D eigenvalue weighted by atomic mass is 10.2. The maximum absolute atomic E-state index is 12.4. The third-order valence-electron chi connectivity index (χ3n) is 3.15. The average Bonchev–Trinajstić information content (AvgIpc) is 2.47. The monoisotopic (exact) mass is 446 g/mol. The molecule has 0 atom stereocenters. The Morgan fingerprint density at radius 2 is 0.833 bits per heavy atom. The van der Waals surface area contributed by atoms with E-state index in [0.29, 0.717) is 0 Å². The second-order valence-corrected chi connectivity index (χ2v) is 12.3. The summed E-state index contributed by atoms with van der Waals surface area (Å²) in [6, 6.07) is 8.76. The molecule has 0 heterocycles. The van der Waals surface area contributed by atoms with Gasteiger partial charge in [-0.3, -0.25) is 0 Å². The fraction of sp³-hybridized carbons (Fsp3) is 0.143. The van der Waals surface area contributed by atoms with E-state index < -0.39 is 29.2 Å². The van der Waals surface area contributed by atoms with Gasteiger partial charge in [0.25, 0.3) is 17.7 Å². The Kier molecular flexibility index (Phi) is 6.11. The molecule has 24 heavy (non-hydrogen) atoms. The molecule has 4 nitrogen and oxygen atoms in total. The first kappa shape index (κ1) is 19.8. The van der Waals surface area contributed by atoms with Gasteiger partial charge >= 0.3 is 0 Å². The molecule has 0 bridgehead atoms. The van der Waals surface area contributed by atoms with E-state index in [0.717, 1.165) is 0 Å². The fourth-order valence-electron chi connectivity index (χ4n) is 1.87. The summed E-state index contributed by atoms with van der Waals surface area (Å²) in [6.07, 6.45) is 0. The summed E-state index contributed by atoms with van der Waals surface area (Å²) in [5, 5.41) is 0.267. The van der Waals surface area contributed by atoms with E-state index in [9.17, 15) is 16.8 Å². The van der Waals surface area contributed by atoms with E-state index in [1.165, 1.54) is 36.4 Å². The van der Waals surface area contributed by atoms with E-state index in [4.69, 9.17) is 46.4 Å². The molecule has 0 saturated heterocycles. The first-order chi connectivity index (χ1) is 11.0. The summed E-state index contributed by atoms with van der Waals surface area (Å²) < 4.78 is 49.4. The summed E-state index contributed by atoms with van der Waals surface area (Å²) in [4.78, 5) is 0. The Bertz CT molecular complexity index is 864. The van der Waals surface area contributed by atoms with Crippen molar-refractivity contribution in [2.45, 2.75) is 11.5 Å². The number of halogens is 4. The molecular weight excluding hydrogens is 438 g/mol. The van der Waals surface area contributed by atoms with Crippen LogP contribution in [0.25, 0.3) is 0 Å². The highest BCUT2D eigenvalue weighted by Gasteiger charge is 2.33. The molecular formula is C14H10Cl4O4S2. The Morgan fingerprint density at radius 1 is 0.583 bits per heavy atom. The number of rotatable bonds is 5. The van der Waals surface area contributed by atoms with Gasteiger partial charge in [0, 0.05) is 31.2 Å². The van der Waals surface area contributed by atoms with Crippen molar-refractivity contribution in [2.24, 2.45) is 0 Å². The van der Waals surface area contributed by atoms with Gasteiger partial charge in [-0.25, -0.2) is 16.8 Å². The van der Waals surface area contributed by atoms with Crippen molar-refractivity contribution in [1.82, 2.24) is 0 Å². The molecule has 0 aliphatic heterocycles. The van der Waals surface area contributed by atoms with Crippen molar-refractivity contribution in [2.75, 3.05) is 0 Å². The van der Waals surface area contributed by atoms with E-state index in [1.54, 1.807) is 0 Å². The largest absolute Gasteiger partial charge is 0.258 e. The van der Waals surface area contributed by atoms with Gasteiger partial charge in [0.05, 0.1) is 11.5 Å². The normalized spacial score (nSPS) is 12.3. The van der Waals surface area contributed by atoms with Crippen LogP contribution in [0.15, 0.2) is 36.4 Å². The zero-order valence-electron chi connectivity index (χ0n) is 11.8. The zero-order valence-corrected chi connectivity index (χ0v) is 16.5. The van der Waals surface area contributed by atoms with Crippen LogP contribution in [0.5, 0.6) is 0 Å². The van der Waals surface area contributed by atoms with Crippen LogP contribution < -0.4 is 0 Å². The molecule has 0 unspecified atom stereocenters. The summed E-state index contributed by atoms with van der Waals surface area (Å²) in [6.45, 7) is 0. The minimum absolute atomic E-state index is 0.0228. The van der Waals surface area contributed by atoms with Gasteiger partial charge in [-0.05, 0) is 24.3 Å². The van der Waals surface area contributed by atoms with Crippen LogP contribution in [-0.2, 0) is 29.2 Å². The smallest absolute Gasteiger partial charge is 0.212 e. The summed E-state index contributed by atoms with van der Waals surface area (Å²) in [5.41, 5.74) is 0.0457. The second-order valence-electron chi connectivity index (χ2n) is 4.80. The highest BCUT2D eigenvalue weighted by atomic mass is 35.5. The molecule has 0 amide bonds. The van der Waals surface area contributed by atoms with Crippen molar-refractivity contribution < 1.29 is 16.8 Å². The molecule has 10 heteroatoms. The average molecular weight is 448 g/mol. The lowest BCUT2D eigenvalue weighted by Crippen LogP contribution is -2.20. The molecule has 2 aromatic carbocycles. The van der Waals surface area contributed by atoms with Gasteiger partial charge < -0.3 is 0 Å². The fourth-order valence-corrected chi connectivity index (χ4v) is 6.73. The summed E-state index contributed by atoms with van der Waals surface area (Å²) in [7, 11) is -9.21. The lowest BCUT2D eigenvalue weighted by Gasteiger charge is -2.11. The molecule has 0 spiro atoms. The molecule has 0 fully saturated rings. The van der Waals surface area contributed by atoms with Gasteiger partial charge in [0.2, 0.25) is 0 Å². The van der Waals surface area contributed by atoms with Gasteiger partial charge in [0.15, 0.2) is 0 Å². The van der Waals surface area contributed by atoms with Crippen LogP contribution >= 0.6 is 46.4 Å². The molecule has 0 radical (unpaired) electrons. The van der Waals surface area contributed by atoms with Crippen molar-refractivity contribution in [1.29, 1.82) is 0 Å². The highest BCUT2D eigenvalue weighted by Crippen LogP contribution is 2.31. The number of hydrogen-bond donors (Lipinski definition) is 0. The predicted octanol–water partition coefficient (Wildman–Crippen LogP) is 4.75. The number of hydrogen-bond acceptors (Lipinski definition) is 4. The van der Waals surface area contributed by atoms with Crippen molar-refractivity contribution >= 4 is 64.1 Å². The molecule has 0 aliphatic rings. The maximum atomic E-state index is 12.4. The van der Waals surface area contributed by atoms with Crippen LogP contribution in [0.3, 0.4) is 0 Å². The molecule has 0 aliphatic carbocycles. The summed E-state index contributed by atoms with van der Waals surface area (Å²) in [5.74, 6) is -1.67. The lowest BCUT2D eigenvalue weighted by molar-refractivity contribution is 0.581. The zero-order chi connectivity index (χ0) is 18.1. The summed E-state index contributed by atoms with van der Waals surface area (Å²) >= 11 is 23.6. The Labute approximate surface area is 159 Å². The Balaban J connectivity index is 2.41.